The number of pyridine rings is 3. The van der Waals surface area contributed by atoms with Gasteiger partial charge in [0.1, 0.15) is 22.5 Å². The van der Waals surface area contributed by atoms with Crippen molar-refractivity contribution in [1.82, 2.24) is 15.0 Å². The molecule has 0 spiro atoms. The molecule has 0 aliphatic heterocycles. The van der Waals surface area contributed by atoms with Crippen LogP contribution in [0.5, 0.6) is 0 Å². The lowest BCUT2D eigenvalue weighted by Gasteiger charge is -2.15. The molecule has 186 valence electrons. The minimum atomic E-state index is -1.85. The zero-order chi connectivity index (χ0) is 26.4. The molecule has 0 bridgehead atoms. The van der Waals surface area contributed by atoms with Crippen LogP contribution in [-0.4, -0.2) is 27.0 Å². The molecule has 3 heterocycles. The van der Waals surface area contributed by atoms with Crippen molar-refractivity contribution in [2.45, 2.75) is 27.3 Å². The highest BCUT2D eigenvalue weighted by molar-refractivity contribution is 7.54. The van der Waals surface area contributed by atoms with Gasteiger partial charge in [0.05, 0.1) is 33.6 Å². The quantitative estimate of drug-likeness (QED) is 0.294. The summed E-state index contributed by atoms with van der Waals surface area (Å²) in [4.78, 5) is 22.7. The van der Waals surface area contributed by atoms with Crippen molar-refractivity contribution in [3.63, 3.8) is 0 Å². The van der Waals surface area contributed by atoms with Crippen LogP contribution < -0.4 is 10.8 Å². The monoisotopic (exact) mass is 529 g/mol. The molecule has 0 aliphatic rings. The zero-order valence-electron chi connectivity index (χ0n) is 20.0. The maximum absolute atomic E-state index is 14.9. The second kappa shape index (κ2) is 12.1. The van der Waals surface area contributed by atoms with Crippen molar-refractivity contribution in [3.8, 4) is 17.3 Å². The molecular formula is C25H23ClF2N5O2P. The number of rotatable bonds is 6. The SMILES string of the molecule is CC.COP(O)c1ccc(-c2nc3c(NCc4cc(C#N)ccc4F)c(Cl)c(C)nc3cc2F)cn1. The molecule has 1 unspecified atom stereocenters. The number of nitrogens with zero attached hydrogens (tertiary/aromatic N) is 4. The van der Waals surface area contributed by atoms with Gasteiger partial charge < -0.3 is 14.7 Å². The van der Waals surface area contributed by atoms with E-state index < -0.39 is 20.0 Å². The summed E-state index contributed by atoms with van der Waals surface area (Å²) in [6, 6.07) is 10.4. The Morgan fingerprint density at radius 1 is 1.14 bits per heavy atom. The Labute approximate surface area is 213 Å². The zero-order valence-corrected chi connectivity index (χ0v) is 21.6. The molecule has 0 saturated carbocycles. The predicted octanol–water partition coefficient (Wildman–Crippen LogP) is 6.02. The lowest BCUT2D eigenvalue weighted by atomic mass is 10.1. The summed E-state index contributed by atoms with van der Waals surface area (Å²) in [6.07, 6.45) is 1.39. The van der Waals surface area contributed by atoms with E-state index >= 15 is 0 Å². The van der Waals surface area contributed by atoms with Crippen LogP contribution in [0.4, 0.5) is 14.5 Å². The number of aromatic nitrogens is 3. The van der Waals surface area contributed by atoms with E-state index in [1.54, 1.807) is 13.0 Å². The van der Waals surface area contributed by atoms with Crippen LogP contribution in [0.3, 0.4) is 0 Å². The fourth-order valence-corrected chi connectivity index (χ4v) is 4.07. The Hall–Kier alpha value is -3.28. The second-order valence-corrected chi connectivity index (χ2v) is 8.95. The number of aryl methyl sites for hydroxylation is 1. The van der Waals surface area contributed by atoms with Crippen LogP contribution in [0.25, 0.3) is 22.3 Å². The van der Waals surface area contributed by atoms with E-state index in [2.05, 4.69) is 20.3 Å². The minimum Gasteiger partial charge on any atom is -0.378 e. The number of nitriles is 1. The molecule has 4 aromatic rings. The summed E-state index contributed by atoms with van der Waals surface area (Å²) < 4.78 is 34.1. The normalized spacial score (nSPS) is 11.4. The lowest BCUT2D eigenvalue weighted by molar-refractivity contribution is 0.400. The van der Waals surface area contributed by atoms with E-state index in [0.29, 0.717) is 27.9 Å². The fourth-order valence-electron chi connectivity index (χ4n) is 3.32. The average Bonchev–Trinajstić information content (AvgIpc) is 2.90. The summed E-state index contributed by atoms with van der Waals surface area (Å²) >= 11 is 6.49. The summed E-state index contributed by atoms with van der Waals surface area (Å²) in [7, 11) is -0.488. The smallest absolute Gasteiger partial charge is 0.221 e. The Kier molecular flexibility index (Phi) is 9.19. The number of anilines is 1. The summed E-state index contributed by atoms with van der Waals surface area (Å²) in [6.45, 7) is 5.68. The van der Waals surface area contributed by atoms with Crippen molar-refractivity contribution in [3.05, 3.63) is 76.1 Å². The molecule has 0 aliphatic carbocycles. The van der Waals surface area contributed by atoms with Gasteiger partial charge >= 0.3 is 0 Å². The Bertz CT molecular complexity index is 1430. The van der Waals surface area contributed by atoms with Crippen LogP contribution in [0.2, 0.25) is 5.02 Å². The van der Waals surface area contributed by atoms with Gasteiger partial charge in [0.15, 0.2) is 5.82 Å². The maximum atomic E-state index is 14.9. The van der Waals surface area contributed by atoms with E-state index in [0.717, 1.165) is 0 Å². The van der Waals surface area contributed by atoms with Crippen molar-refractivity contribution >= 4 is 42.1 Å². The van der Waals surface area contributed by atoms with Gasteiger partial charge in [0.25, 0.3) is 0 Å². The van der Waals surface area contributed by atoms with Gasteiger partial charge in [-0.25, -0.2) is 18.7 Å². The van der Waals surface area contributed by atoms with E-state index in [9.17, 15) is 13.7 Å². The molecule has 0 radical (unpaired) electrons. The van der Waals surface area contributed by atoms with E-state index in [4.69, 9.17) is 21.4 Å². The lowest BCUT2D eigenvalue weighted by Crippen LogP contribution is -2.08. The topological polar surface area (TPSA) is 104 Å². The molecule has 4 rings (SSSR count). The largest absolute Gasteiger partial charge is 0.378 e. The third-order valence-electron chi connectivity index (χ3n) is 5.04. The number of hydrogen-bond donors (Lipinski definition) is 2. The molecule has 0 amide bonds. The minimum absolute atomic E-state index is 0.00802. The van der Waals surface area contributed by atoms with Gasteiger partial charge in [-0.3, -0.25) is 4.98 Å². The van der Waals surface area contributed by atoms with Crippen LogP contribution in [-0.2, 0) is 11.1 Å². The molecule has 1 aromatic carbocycles. The first-order chi connectivity index (χ1) is 17.3. The average molecular weight is 530 g/mol. The van der Waals surface area contributed by atoms with Crippen molar-refractivity contribution < 1.29 is 18.2 Å². The van der Waals surface area contributed by atoms with Crippen molar-refractivity contribution in [2.24, 2.45) is 0 Å². The van der Waals surface area contributed by atoms with Gasteiger partial charge in [-0.05, 0) is 37.3 Å². The Balaban J connectivity index is 0.00000176. The van der Waals surface area contributed by atoms with Crippen molar-refractivity contribution in [1.29, 1.82) is 5.26 Å². The van der Waals surface area contributed by atoms with E-state index in [1.165, 1.54) is 43.6 Å². The summed E-state index contributed by atoms with van der Waals surface area (Å²) in [5.74, 6) is -1.10. The molecule has 11 heteroatoms. The highest BCUT2D eigenvalue weighted by Gasteiger charge is 2.18. The first-order valence-electron chi connectivity index (χ1n) is 10.9. The van der Waals surface area contributed by atoms with Crippen LogP contribution in [0.15, 0.2) is 42.6 Å². The van der Waals surface area contributed by atoms with E-state index in [1.807, 2.05) is 19.9 Å². The number of hydrogen-bond acceptors (Lipinski definition) is 7. The highest BCUT2D eigenvalue weighted by atomic mass is 35.5. The highest BCUT2D eigenvalue weighted by Crippen LogP contribution is 2.35. The van der Waals surface area contributed by atoms with Gasteiger partial charge in [0.2, 0.25) is 8.38 Å². The van der Waals surface area contributed by atoms with Gasteiger partial charge in [-0.1, -0.05) is 25.4 Å². The number of fused-ring (bicyclic) bond motifs is 1. The number of nitrogens with one attached hydrogen (secondary N) is 1. The molecule has 1 atom stereocenters. The third-order valence-corrected chi connectivity index (χ3v) is 6.50. The predicted molar refractivity (Wildman–Crippen MR) is 138 cm³/mol. The van der Waals surface area contributed by atoms with Gasteiger partial charge in [-0.15, -0.1) is 0 Å². The summed E-state index contributed by atoms with van der Waals surface area (Å²) in [5, 5.41) is 12.4. The first kappa shape index (κ1) is 27.3. The second-order valence-electron chi connectivity index (χ2n) is 7.20. The van der Waals surface area contributed by atoms with Crippen LogP contribution >= 0.6 is 20.0 Å². The molecule has 7 nitrogen and oxygen atoms in total. The molecular weight excluding hydrogens is 507 g/mol. The molecule has 0 saturated heterocycles. The summed E-state index contributed by atoms with van der Waals surface area (Å²) in [5.41, 5.74) is 2.64. The van der Waals surface area contributed by atoms with Gasteiger partial charge in [0, 0.05) is 37.0 Å². The van der Waals surface area contributed by atoms with Gasteiger partial charge in [-0.2, -0.15) is 5.26 Å². The Morgan fingerprint density at radius 2 is 1.89 bits per heavy atom. The first-order valence-corrected chi connectivity index (χ1v) is 12.5. The molecule has 36 heavy (non-hydrogen) atoms. The number of benzene rings is 1. The molecule has 2 N–H and O–H groups in total. The molecule has 3 aromatic heterocycles. The van der Waals surface area contributed by atoms with E-state index in [-0.39, 0.29) is 33.9 Å². The van der Waals surface area contributed by atoms with Crippen LogP contribution in [0, 0.1) is 29.9 Å². The van der Waals surface area contributed by atoms with Crippen molar-refractivity contribution in [2.75, 3.05) is 12.4 Å². The molecule has 0 fully saturated rings. The third kappa shape index (κ3) is 5.75. The van der Waals surface area contributed by atoms with Crippen LogP contribution in [0.1, 0.15) is 30.7 Å². The Morgan fingerprint density at radius 3 is 2.53 bits per heavy atom. The fraction of sp³-hybridized carbons (Fsp3) is 0.200. The number of halogens is 3. The maximum Gasteiger partial charge on any atom is 0.221 e. The standard InChI is InChI=1S/C23H17ClF2N5O2P.C2H6/c1-12-20(24)23(29-11-15-7-13(9-27)3-5-16(15)25)22-18(30-12)8-17(26)21(31-22)14-4-6-19(28-10-14)34(32)33-2;1-2/h3-8,10,32H,11H2,1-2H3,(H,29,30);1-2H3.